The molecular formula is C12H17F2NO2. The maximum absolute atomic E-state index is 12.8. The molecule has 0 fully saturated rings. The van der Waals surface area contributed by atoms with Crippen molar-refractivity contribution in [3.8, 4) is 5.75 Å². The molecule has 1 rings (SSSR count). The zero-order chi connectivity index (χ0) is 12.9. The first-order chi connectivity index (χ1) is 7.94. The maximum atomic E-state index is 12.8. The van der Waals surface area contributed by atoms with E-state index in [1.807, 2.05) is 0 Å². The summed E-state index contributed by atoms with van der Waals surface area (Å²) in [4.78, 5) is 0. The predicted octanol–water partition coefficient (Wildman–Crippen LogP) is 1.83. The number of nitrogens with two attached hydrogens (primary N) is 1. The second-order valence-corrected chi connectivity index (χ2v) is 4.23. The summed E-state index contributed by atoms with van der Waals surface area (Å²) in [5, 5.41) is 9.61. The Morgan fingerprint density at radius 3 is 2.65 bits per heavy atom. The fourth-order valence-corrected chi connectivity index (χ4v) is 1.31. The Bertz CT molecular complexity index is 370. The van der Waals surface area contributed by atoms with Gasteiger partial charge in [-0.15, -0.1) is 0 Å². The number of rotatable bonds is 6. The number of aliphatic hydroxyl groups is 1. The third-order valence-corrected chi connectivity index (χ3v) is 2.46. The van der Waals surface area contributed by atoms with E-state index in [1.165, 1.54) is 6.07 Å². The number of ether oxygens (including phenoxy) is 1. The molecule has 0 heterocycles. The number of benzene rings is 1. The van der Waals surface area contributed by atoms with Crippen LogP contribution in [0.4, 0.5) is 8.78 Å². The zero-order valence-corrected chi connectivity index (χ0v) is 9.75. The normalized spacial score (nSPS) is 14.4. The quantitative estimate of drug-likeness (QED) is 0.752. The minimum Gasteiger partial charge on any atom is -0.493 e. The van der Waals surface area contributed by atoms with Gasteiger partial charge in [-0.2, -0.15) is 0 Å². The summed E-state index contributed by atoms with van der Waals surface area (Å²) in [5.41, 5.74) is 4.45. The van der Waals surface area contributed by atoms with Gasteiger partial charge < -0.3 is 15.6 Å². The average Bonchev–Trinajstić information content (AvgIpc) is 2.29. The van der Waals surface area contributed by atoms with E-state index in [9.17, 15) is 13.9 Å². The molecule has 3 N–H and O–H groups in total. The van der Waals surface area contributed by atoms with Crippen LogP contribution >= 0.6 is 0 Å². The van der Waals surface area contributed by atoms with Crippen LogP contribution in [0.25, 0.3) is 0 Å². The number of hydrogen-bond acceptors (Lipinski definition) is 3. The first-order valence-electron chi connectivity index (χ1n) is 5.45. The molecule has 0 aliphatic rings. The Balaban J connectivity index is 2.34. The van der Waals surface area contributed by atoms with Gasteiger partial charge in [0.05, 0.1) is 12.2 Å². The van der Waals surface area contributed by atoms with Gasteiger partial charge in [-0.3, -0.25) is 0 Å². The number of halogens is 2. The molecule has 96 valence electrons. The highest BCUT2D eigenvalue weighted by atomic mass is 19.2. The molecule has 1 unspecified atom stereocenters. The van der Waals surface area contributed by atoms with Crippen molar-refractivity contribution in [1.29, 1.82) is 0 Å². The monoisotopic (exact) mass is 245 g/mol. The molecule has 3 nitrogen and oxygen atoms in total. The molecule has 1 aromatic carbocycles. The van der Waals surface area contributed by atoms with E-state index < -0.39 is 17.2 Å². The summed E-state index contributed by atoms with van der Waals surface area (Å²) < 4.78 is 30.7. The van der Waals surface area contributed by atoms with E-state index in [0.717, 1.165) is 12.1 Å². The molecule has 5 heteroatoms. The van der Waals surface area contributed by atoms with Crippen molar-refractivity contribution < 1.29 is 18.6 Å². The van der Waals surface area contributed by atoms with Crippen molar-refractivity contribution in [3.63, 3.8) is 0 Å². The number of hydrogen-bond donors (Lipinski definition) is 2. The molecule has 0 aliphatic carbocycles. The minimum absolute atomic E-state index is 0.179. The predicted molar refractivity (Wildman–Crippen MR) is 60.8 cm³/mol. The summed E-state index contributed by atoms with van der Waals surface area (Å²) in [6.07, 6.45) is 1.08. The van der Waals surface area contributed by atoms with Crippen molar-refractivity contribution in [2.24, 2.45) is 5.73 Å². The van der Waals surface area contributed by atoms with Gasteiger partial charge in [0.25, 0.3) is 0 Å². The van der Waals surface area contributed by atoms with Crippen LogP contribution in [0.2, 0.25) is 0 Å². The van der Waals surface area contributed by atoms with E-state index in [0.29, 0.717) is 19.4 Å². The van der Waals surface area contributed by atoms with Crippen LogP contribution in [0.1, 0.15) is 19.8 Å². The van der Waals surface area contributed by atoms with E-state index in [-0.39, 0.29) is 12.3 Å². The van der Waals surface area contributed by atoms with Crippen LogP contribution in [-0.4, -0.2) is 23.9 Å². The van der Waals surface area contributed by atoms with Crippen LogP contribution in [0.15, 0.2) is 18.2 Å². The molecule has 0 spiro atoms. The summed E-state index contributed by atoms with van der Waals surface area (Å²) >= 11 is 0. The molecule has 1 atom stereocenters. The van der Waals surface area contributed by atoms with E-state index >= 15 is 0 Å². The lowest BCUT2D eigenvalue weighted by atomic mass is 10.0. The van der Waals surface area contributed by atoms with E-state index in [4.69, 9.17) is 10.5 Å². The topological polar surface area (TPSA) is 55.5 Å². The maximum Gasteiger partial charge on any atom is 0.162 e. The lowest BCUT2D eigenvalue weighted by molar-refractivity contribution is 0.0536. The van der Waals surface area contributed by atoms with Gasteiger partial charge >= 0.3 is 0 Å². The van der Waals surface area contributed by atoms with Crippen LogP contribution in [-0.2, 0) is 0 Å². The lowest BCUT2D eigenvalue weighted by Crippen LogP contribution is -2.34. The first kappa shape index (κ1) is 13.9. The van der Waals surface area contributed by atoms with Gasteiger partial charge in [0.2, 0.25) is 0 Å². The zero-order valence-electron chi connectivity index (χ0n) is 9.75. The largest absolute Gasteiger partial charge is 0.493 e. The fourth-order valence-electron chi connectivity index (χ4n) is 1.31. The van der Waals surface area contributed by atoms with Crippen LogP contribution in [0.3, 0.4) is 0 Å². The molecule has 0 radical (unpaired) electrons. The van der Waals surface area contributed by atoms with Crippen molar-refractivity contribution in [1.82, 2.24) is 0 Å². The Labute approximate surface area is 99.2 Å². The van der Waals surface area contributed by atoms with Crippen molar-refractivity contribution in [3.05, 3.63) is 29.8 Å². The van der Waals surface area contributed by atoms with E-state index in [1.54, 1.807) is 6.92 Å². The Morgan fingerprint density at radius 2 is 2.06 bits per heavy atom. The highest BCUT2D eigenvalue weighted by Crippen LogP contribution is 2.16. The third-order valence-electron chi connectivity index (χ3n) is 2.46. The Morgan fingerprint density at radius 1 is 1.35 bits per heavy atom. The van der Waals surface area contributed by atoms with Crippen LogP contribution < -0.4 is 10.5 Å². The molecule has 17 heavy (non-hydrogen) atoms. The molecule has 0 aliphatic heterocycles. The standard InChI is InChI=1S/C12H17F2NO2/c1-12(16,8-15)5-2-6-17-9-3-4-10(13)11(14)7-9/h3-4,7,16H,2,5-6,8,15H2,1H3. The van der Waals surface area contributed by atoms with Gasteiger partial charge in [0.15, 0.2) is 11.6 Å². The summed E-state index contributed by atoms with van der Waals surface area (Å²) in [5.74, 6) is -1.56. The second-order valence-electron chi connectivity index (χ2n) is 4.23. The van der Waals surface area contributed by atoms with Crippen molar-refractivity contribution >= 4 is 0 Å². The SMILES string of the molecule is CC(O)(CN)CCCOc1ccc(F)c(F)c1. The van der Waals surface area contributed by atoms with Gasteiger partial charge in [0, 0.05) is 12.6 Å². The molecule has 0 saturated heterocycles. The molecule has 0 amide bonds. The fraction of sp³-hybridized carbons (Fsp3) is 0.500. The molecule has 0 aromatic heterocycles. The van der Waals surface area contributed by atoms with E-state index in [2.05, 4.69) is 0 Å². The Hall–Kier alpha value is -1.20. The molecular weight excluding hydrogens is 228 g/mol. The summed E-state index contributed by atoms with van der Waals surface area (Å²) in [6.45, 7) is 2.14. The van der Waals surface area contributed by atoms with Gasteiger partial charge in [0.1, 0.15) is 5.75 Å². The lowest BCUT2D eigenvalue weighted by Gasteiger charge is -2.20. The minimum atomic E-state index is -0.934. The van der Waals surface area contributed by atoms with Gasteiger partial charge in [-0.05, 0) is 31.9 Å². The summed E-state index contributed by atoms with van der Waals surface area (Å²) in [7, 11) is 0. The highest BCUT2D eigenvalue weighted by Gasteiger charge is 2.16. The first-order valence-corrected chi connectivity index (χ1v) is 5.45. The van der Waals surface area contributed by atoms with Crippen LogP contribution in [0, 0.1) is 11.6 Å². The highest BCUT2D eigenvalue weighted by molar-refractivity contribution is 5.23. The van der Waals surface area contributed by atoms with Gasteiger partial charge in [-0.1, -0.05) is 0 Å². The summed E-state index contributed by atoms with van der Waals surface area (Å²) in [6, 6.07) is 3.37. The van der Waals surface area contributed by atoms with Crippen molar-refractivity contribution in [2.75, 3.05) is 13.2 Å². The van der Waals surface area contributed by atoms with Gasteiger partial charge in [-0.25, -0.2) is 8.78 Å². The van der Waals surface area contributed by atoms with Crippen molar-refractivity contribution in [2.45, 2.75) is 25.4 Å². The second kappa shape index (κ2) is 5.93. The third kappa shape index (κ3) is 4.66. The van der Waals surface area contributed by atoms with Crippen LogP contribution in [0.5, 0.6) is 5.75 Å². The molecule has 0 saturated carbocycles. The Kier molecular flexibility index (Phi) is 4.84. The average molecular weight is 245 g/mol. The molecule has 0 bridgehead atoms. The molecule has 1 aromatic rings. The smallest absolute Gasteiger partial charge is 0.162 e.